The number of benzene rings is 1. The Labute approximate surface area is 125 Å². The highest BCUT2D eigenvalue weighted by Gasteiger charge is 2.16. The Morgan fingerprint density at radius 1 is 1.48 bits per heavy atom. The zero-order valence-electron chi connectivity index (χ0n) is 11.0. The number of nitrogens with one attached hydrogen (secondary N) is 2. The number of anilines is 3. The van der Waals surface area contributed by atoms with Crippen molar-refractivity contribution in [3.05, 3.63) is 40.5 Å². The summed E-state index contributed by atoms with van der Waals surface area (Å²) in [6.07, 6.45) is 1.34. The third kappa shape index (κ3) is 3.26. The standard InChI is InChI=1S/C13H12ClN5O2/c1-6-2-3-7(10(15)12(20)21)9(4-6)18-11-8(14)5-17-13(16)19-11/h2-5,15H,1H3,(H,20,21)(H3,16,17,18,19). The Balaban J connectivity index is 2.48. The molecule has 2 aromatic rings. The summed E-state index contributed by atoms with van der Waals surface area (Å²) >= 11 is 5.97. The number of carbonyl (C=O) groups is 1. The van der Waals surface area contributed by atoms with E-state index in [1.807, 2.05) is 6.92 Å². The molecule has 0 radical (unpaired) electrons. The average Bonchev–Trinajstić information content (AvgIpc) is 2.42. The van der Waals surface area contributed by atoms with E-state index in [0.29, 0.717) is 5.69 Å². The molecule has 1 heterocycles. The highest BCUT2D eigenvalue weighted by molar-refractivity contribution is 6.42. The lowest BCUT2D eigenvalue weighted by atomic mass is 10.1. The van der Waals surface area contributed by atoms with E-state index in [9.17, 15) is 4.79 Å². The van der Waals surface area contributed by atoms with E-state index >= 15 is 0 Å². The monoisotopic (exact) mass is 305 g/mol. The van der Waals surface area contributed by atoms with Crippen molar-refractivity contribution in [2.45, 2.75) is 6.92 Å². The summed E-state index contributed by atoms with van der Waals surface area (Å²) in [5.74, 6) is -1.05. The van der Waals surface area contributed by atoms with E-state index in [4.69, 9.17) is 27.9 Å². The highest BCUT2D eigenvalue weighted by atomic mass is 35.5. The number of carboxylic acid groups (broad SMARTS) is 1. The van der Waals surface area contributed by atoms with E-state index < -0.39 is 11.7 Å². The van der Waals surface area contributed by atoms with Crippen LogP contribution in [0.5, 0.6) is 0 Å². The van der Waals surface area contributed by atoms with Crippen molar-refractivity contribution in [3.63, 3.8) is 0 Å². The number of hydrogen-bond donors (Lipinski definition) is 4. The second-order valence-electron chi connectivity index (χ2n) is 4.28. The maximum absolute atomic E-state index is 11.0. The first-order valence-electron chi connectivity index (χ1n) is 5.86. The molecule has 7 nitrogen and oxygen atoms in total. The fourth-order valence-electron chi connectivity index (χ4n) is 1.69. The minimum atomic E-state index is -1.32. The van der Waals surface area contributed by atoms with Crippen LogP contribution in [-0.2, 0) is 4.79 Å². The summed E-state index contributed by atoms with van der Waals surface area (Å²) in [7, 11) is 0. The molecular formula is C13H12ClN5O2. The molecule has 0 unspecified atom stereocenters. The quantitative estimate of drug-likeness (QED) is 0.642. The largest absolute Gasteiger partial charge is 0.477 e. The van der Waals surface area contributed by atoms with E-state index in [0.717, 1.165) is 5.56 Å². The molecule has 0 saturated heterocycles. The van der Waals surface area contributed by atoms with Gasteiger partial charge in [-0.1, -0.05) is 23.7 Å². The molecule has 21 heavy (non-hydrogen) atoms. The molecular weight excluding hydrogens is 294 g/mol. The first kappa shape index (κ1) is 14.7. The topological polar surface area (TPSA) is 125 Å². The van der Waals surface area contributed by atoms with Crippen molar-refractivity contribution in [1.82, 2.24) is 9.97 Å². The van der Waals surface area contributed by atoms with E-state index in [-0.39, 0.29) is 22.4 Å². The number of nitrogens with two attached hydrogens (primary N) is 1. The molecule has 0 saturated carbocycles. The summed E-state index contributed by atoms with van der Waals surface area (Å²) in [6, 6.07) is 4.96. The second kappa shape index (κ2) is 5.76. The van der Waals surface area contributed by atoms with Crippen LogP contribution in [0.15, 0.2) is 24.4 Å². The molecule has 1 aromatic heterocycles. The normalized spacial score (nSPS) is 10.2. The van der Waals surface area contributed by atoms with Crippen LogP contribution in [0.1, 0.15) is 11.1 Å². The smallest absolute Gasteiger partial charge is 0.354 e. The molecule has 1 aromatic carbocycles. The molecule has 2 rings (SSSR count). The first-order valence-corrected chi connectivity index (χ1v) is 6.24. The Kier molecular flexibility index (Phi) is 4.04. The van der Waals surface area contributed by atoms with Crippen LogP contribution < -0.4 is 11.1 Å². The lowest BCUT2D eigenvalue weighted by Crippen LogP contribution is -2.15. The molecule has 0 bridgehead atoms. The predicted octanol–water partition coefficient (Wildman–Crippen LogP) is 2.22. The predicted molar refractivity (Wildman–Crippen MR) is 80.4 cm³/mol. The Morgan fingerprint density at radius 2 is 2.19 bits per heavy atom. The number of aliphatic carboxylic acids is 1. The Bertz CT molecular complexity index is 732. The van der Waals surface area contributed by atoms with Gasteiger partial charge in [0.25, 0.3) is 0 Å². The lowest BCUT2D eigenvalue weighted by molar-refractivity contribution is -0.129. The van der Waals surface area contributed by atoms with Crippen LogP contribution in [0.4, 0.5) is 17.5 Å². The molecule has 0 atom stereocenters. The van der Waals surface area contributed by atoms with Crippen LogP contribution >= 0.6 is 11.6 Å². The number of halogens is 1. The number of rotatable bonds is 4. The van der Waals surface area contributed by atoms with Crippen LogP contribution in [-0.4, -0.2) is 26.8 Å². The summed E-state index contributed by atoms with van der Waals surface area (Å²) < 4.78 is 0. The Hall–Kier alpha value is -2.67. The Morgan fingerprint density at radius 3 is 2.86 bits per heavy atom. The first-order chi connectivity index (χ1) is 9.88. The molecule has 0 amide bonds. The van der Waals surface area contributed by atoms with Gasteiger partial charge in [-0.05, 0) is 18.6 Å². The molecule has 0 spiro atoms. The lowest BCUT2D eigenvalue weighted by Gasteiger charge is -2.12. The van der Waals surface area contributed by atoms with Crippen molar-refractivity contribution < 1.29 is 9.90 Å². The van der Waals surface area contributed by atoms with Crippen LogP contribution in [0, 0.1) is 12.3 Å². The maximum Gasteiger partial charge on any atom is 0.354 e. The molecule has 0 aliphatic carbocycles. The number of aryl methyl sites for hydroxylation is 1. The van der Waals surface area contributed by atoms with Gasteiger partial charge in [0.1, 0.15) is 10.7 Å². The number of aromatic nitrogens is 2. The molecule has 8 heteroatoms. The van der Waals surface area contributed by atoms with Gasteiger partial charge in [-0.25, -0.2) is 9.78 Å². The third-order valence-electron chi connectivity index (χ3n) is 2.67. The van der Waals surface area contributed by atoms with E-state index in [1.165, 1.54) is 6.20 Å². The van der Waals surface area contributed by atoms with Gasteiger partial charge < -0.3 is 16.2 Å². The second-order valence-corrected chi connectivity index (χ2v) is 4.69. The van der Waals surface area contributed by atoms with E-state index in [2.05, 4.69) is 15.3 Å². The highest BCUT2D eigenvalue weighted by Crippen LogP contribution is 2.26. The minimum absolute atomic E-state index is 0.0319. The van der Waals surface area contributed by atoms with Gasteiger partial charge in [-0.15, -0.1) is 0 Å². The summed E-state index contributed by atoms with van der Waals surface area (Å²) in [4.78, 5) is 18.7. The van der Waals surface area contributed by atoms with Crippen LogP contribution in [0.25, 0.3) is 0 Å². The van der Waals surface area contributed by atoms with E-state index in [1.54, 1.807) is 18.2 Å². The van der Waals surface area contributed by atoms with Gasteiger partial charge >= 0.3 is 5.97 Å². The zero-order chi connectivity index (χ0) is 15.6. The number of hydrogen-bond acceptors (Lipinski definition) is 6. The summed E-state index contributed by atoms with van der Waals surface area (Å²) in [5.41, 5.74) is 6.48. The van der Waals surface area contributed by atoms with Gasteiger partial charge in [-0.3, -0.25) is 5.41 Å². The van der Waals surface area contributed by atoms with Gasteiger partial charge in [-0.2, -0.15) is 4.98 Å². The van der Waals surface area contributed by atoms with Crippen molar-refractivity contribution in [3.8, 4) is 0 Å². The fraction of sp³-hybridized carbons (Fsp3) is 0.0769. The zero-order valence-corrected chi connectivity index (χ0v) is 11.8. The number of carboxylic acids is 1. The van der Waals surface area contributed by atoms with Crippen molar-refractivity contribution in [2.75, 3.05) is 11.1 Å². The fourth-order valence-corrected chi connectivity index (χ4v) is 1.83. The molecule has 0 fully saturated rings. The molecule has 108 valence electrons. The average molecular weight is 306 g/mol. The SMILES string of the molecule is Cc1ccc(C(=N)C(=O)O)c(Nc2nc(N)ncc2Cl)c1. The van der Waals surface area contributed by atoms with Gasteiger partial charge in [0.2, 0.25) is 5.95 Å². The number of nitrogen functional groups attached to an aromatic ring is 1. The van der Waals surface area contributed by atoms with Crippen molar-refractivity contribution >= 4 is 40.7 Å². The van der Waals surface area contributed by atoms with Crippen molar-refractivity contribution in [1.29, 1.82) is 5.41 Å². The van der Waals surface area contributed by atoms with Gasteiger partial charge in [0.05, 0.1) is 6.20 Å². The maximum atomic E-state index is 11.0. The van der Waals surface area contributed by atoms with Crippen LogP contribution in [0.2, 0.25) is 5.02 Å². The van der Waals surface area contributed by atoms with Gasteiger partial charge in [0.15, 0.2) is 5.82 Å². The van der Waals surface area contributed by atoms with Gasteiger partial charge in [0, 0.05) is 11.3 Å². The minimum Gasteiger partial charge on any atom is -0.477 e. The third-order valence-corrected chi connectivity index (χ3v) is 2.95. The molecule has 5 N–H and O–H groups in total. The van der Waals surface area contributed by atoms with Crippen LogP contribution in [0.3, 0.4) is 0 Å². The summed E-state index contributed by atoms with van der Waals surface area (Å²) in [5, 5.41) is 19.7. The number of nitrogens with zero attached hydrogens (tertiary/aromatic N) is 2. The molecule has 0 aliphatic rings. The van der Waals surface area contributed by atoms with Crippen molar-refractivity contribution in [2.24, 2.45) is 0 Å². The summed E-state index contributed by atoms with van der Waals surface area (Å²) in [6.45, 7) is 1.84. The molecule has 0 aliphatic heterocycles.